The number of methoxy groups -OCH3 is 1. The Morgan fingerprint density at radius 3 is 2.33 bits per heavy atom. The van der Waals surface area contributed by atoms with E-state index in [9.17, 15) is 13.2 Å². The van der Waals surface area contributed by atoms with Crippen LogP contribution >= 0.6 is 0 Å². The Kier molecular flexibility index (Phi) is 6.65. The highest BCUT2D eigenvalue weighted by atomic mass is 32.2. The molecule has 1 amide bonds. The Bertz CT molecular complexity index is 1280. The quantitative estimate of drug-likeness (QED) is 0.590. The number of rotatable bonds is 6. The molecule has 0 bridgehead atoms. The summed E-state index contributed by atoms with van der Waals surface area (Å²) in [5.41, 5.74) is 4.85. The second-order valence-corrected chi connectivity index (χ2v) is 10.7. The van der Waals surface area contributed by atoms with Crippen molar-refractivity contribution in [2.24, 2.45) is 0 Å². The number of carbonyl (C=O) groups is 1. The first-order chi connectivity index (χ1) is 15.3. The molecular weight excluding hydrogens is 440 g/mol. The number of nitrogens with one attached hydrogen (secondary N) is 1. The van der Waals surface area contributed by atoms with Crippen molar-refractivity contribution in [3.8, 4) is 5.75 Å². The van der Waals surface area contributed by atoms with Gasteiger partial charge in [0.25, 0.3) is 15.9 Å². The number of amides is 1. The maximum absolute atomic E-state index is 13.2. The third kappa shape index (κ3) is 5.24. The van der Waals surface area contributed by atoms with Crippen LogP contribution in [-0.2, 0) is 22.0 Å². The number of aromatic nitrogens is 3. The molecule has 1 aromatic carbocycles. The van der Waals surface area contributed by atoms with Crippen LogP contribution in [0.3, 0.4) is 0 Å². The molecule has 0 atom stereocenters. The minimum atomic E-state index is -4.26. The van der Waals surface area contributed by atoms with Gasteiger partial charge < -0.3 is 4.74 Å². The van der Waals surface area contributed by atoms with Gasteiger partial charge in [0.1, 0.15) is 5.69 Å². The summed E-state index contributed by atoms with van der Waals surface area (Å²) in [6.45, 7) is 12.4. The molecule has 0 aliphatic heterocycles. The maximum atomic E-state index is 13.2. The van der Waals surface area contributed by atoms with Gasteiger partial charge in [-0.1, -0.05) is 38.5 Å². The van der Waals surface area contributed by atoms with E-state index >= 15 is 0 Å². The van der Waals surface area contributed by atoms with Crippen LogP contribution in [0.1, 0.15) is 59.2 Å². The van der Waals surface area contributed by atoms with E-state index in [0.717, 1.165) is 22.3 Å². The zero-order chi connectivity index (χ0) is 24.6. The van der Waals surface area contributed by atoms with Crippen LogP contribution in [-0.4, -0.2) is 36.2 Å². The number of aryl methyl sites for hydroxylation is 3. The number of hydrogen-bond acceptors (Lipinski definition) is 6. The molecule has 0 spiro atoms. The molecule has 0 saturated carbocycles. The fraction of sp³-hybridized carbons (Fsp3) is 0.375. The van der Waals surface area contributed by atoms with Gasteiger partial charge >= 0.3 is 0 Å². The molecule has 3 rings (SSSR count). The molecular formula is C24H30N4O4S. The van der Waals surface area contributed by atoms with Crippen molar-refractivity contribution in [1.29, 1.82) is 0 Å². The van der Waals surface area contributed by atoms with Crippen molar-refractivity contribution in [3.63, 3.8) is 0 Å². The zero-order valence-electron chi connectivity index (χ0n) is 20.1. The second kappa shape index (κ2) is 8.97. The minimum Gasteiger partial charge on any atom is -0.494 e. The van der Waals surface area contributed by atoms with Gasteiger partial charge in [0, 0.05) is 11.6 Å². The summed E-state index contributed by atoms with van der Waals surface area (Å²) in [7, 11) is -2.92. The first-order valence-electron chi connectivity index (χ1n) is 10.5. The van der Waals surface area contributed by atoms with Gasteiger partial charge in [-0.3, -0.25) is 9.48 Å². The lowest BCUT2D eigenvalue weighted by Gasteiger charge is -2.15. The minimum absolute atomic E-state index is 0.0487. The maximum Gasteiger partial charge on any atom is 0.285 e. The fourth-order valence-corrected chi connectivity index (χ4v) is 4.71. The summed E-state index contributed by atoms with van der Waals surface area (Å²) in [6, 6.07) is 8.81. The number of nitrogens with zero attached hydrogens (tertiary/aromatic N) is 3. The van der Waals surface area contributed by atoms with E-state index < -0.39 is 15.9 Å². The molecule has 2 aromatic heterocycles. The van der Waals surface area contributed by atoms with E-state index in [1.165, 1.54) is 19.4 Å². The van der Waals surface area contributed by atoms with Crippen molar-refractivity contribution in [2.45, 2.75) is 58.5 Å². The molecule has 33 heavy (non-hydrogen) atoms. The largest absolute Gasteiger partial charge is 0.494 e. The number of ether oxygens (including phenoxy) is 1. The molecule has 0 radical (unpaired) electrons. The average Bonchev–Trinajstić information content (AvgIpc) is 3.15. The van der Waals surface area contributed by atoms with E-state index in [-0.39, 0.29) is 21.9 Å². The Morgan fingerprint density at radius 2 is 1.76 bits per heavy atom. The summed E-state index contributed by atoms with van der Waals surface area (Å²) >= 11 is 0. The molecule has 3 aromatic rings. The second-order valence-electron chi connectivity index (χ2n) is 9.15. The number of benzene rings is 1. The fourth-order valence-electron chi connectivity index (χ4n) is 3.65. The van der Waals surface area contributed by atoms with Crippen molar-refractivity contribution >= 4 is 15.9 Å². The highest BCUT2D eigenvalue weighted by Gasteiger charge is 2.28. The summed E-state index contributed by atoms with van der Waals surface area (Å²) in [5.74, 6) is -0.735. The van der Waals surface area contributed by atoms with E-state index in [1.54, 1.807) is 16.8 Å². The standard InChI is InChI=1S/C24H30N4O4S/c1-15-11-16(2)18(17(3)12-15)14-28-19(13-21(26-28)24(4,5)6)22(29)27-33(30,31)23-20(32-7)9-8-10-25-23/h8-13H,14H2,1-7H3,(H,27,29). The van der Waals surface area contributed by atoms with E-state index in [1.807, 2.05) is 41.5 Å². The van der Waals surface area contributed by atoms with Crippen molar-refractivity contribution in [2.75, 3.05) is 7.11 Å². The van der Waals surface area contributed by atoms with Crippen LogP contribution in [0.25, 0.3) is 0 Å². The number of hydrogen-bond donors (Lipinski definition) is 1. The molecule has 0 unspecified atom stereocenters. The Labute approximate surface area is 195 Å². The lowest BCUT2D eigenvalue weighted by atomic mass is 9.92. The van der Waals surface area contributed by atoms with Gasteiger partial charge in [-0.05, 0) is 55.7 Å². The summed E-state index contributed by atoms with van der Waals surface area (Å²) in [6.07, 6.45) is 1.33. The highest BCUT2D eigenvalue weighted by molar-refractivity contribution is 7.90. The zero-order valence-corrected chi connectivity index (χ0v) is 20.9. The SMILES string of the molecule is COc1cccnc1S(=O)(=O)NC(=O)c1cc(C(C)(C)C)nn1Cc1c(C)cc(C)cc1C. The molecule has 8 nitrogen and oxygen atoms in total. The van der Waals surface area contributed by atoms with Gasteiger partial charge in [-0.15, -0.1) is 0 Å². The highest BCUT2D eigenvalue weighted by Crippen LogP contribution is 2.25. The van der Waals surface area contributed by atoms with E-state index in [0.29, 0.717) is 12.2 Å². The van der Waals surface area contributed by atoms with Crippen molar-refractivity contribution in [1.82, 2.24) is 19.5 Å². The Morgan fingerprint density at radius 1 is 1.12 bits per heavy atom. The molecule has 2 heterocycles. The molecule has 1 N–H and O–H groups in total. The predicted molar refractivity (Wildman–Crippen MR) is 126 cm³/mol. The predicted octanol–water partition coefficient (Wildman–Crippen LogP) is 3.68. The third-order valence-electron chi connectivity index (χ3n) is 5.37. The van der Waals surface area contributed by atoms with Gasteiger partial charge in [0.05, 0.1) is 19.3 Å². The molecule has 0 saturated heterocycles. The molecule has 0 aliphatic rings. The number of pyridine rings is 1. The summed E-state index contributed by atoms with van der Waals surface area (Å²) < 4.78 is 34.6. The summed E-state index contributed by atoms with van der Waals surface area (Å²) in [5, 5.41) is 4.31. The molecule has 0 fully saturated rings. The number of sulfonamides is 1. The van der Waals surface area contributed by atoms with Crippen LogP contribution < -0.4 is 9.46 Å². The number of carbonyl (C=O) groups excluding carboxylic acids is 1. The normalized spacial score (nSPS) is 12.0. The molecule has 0 aliphatic carbocycles. The monoisotopic (exact) mass is 470 g/mol. The Hall–Kier alpha value is -3.20. The van der Waals surface area contributed by atoms with Crippen LogP contribution in [0.2, 0.25) is 0 Å². The smallest absolute Gasteiger partial charge is 0.285 e. The van der Waals surface area contributed by atoms with Crippen LogP contribution in [0, 0.1) is 20.8 Å². The van der Waals surface area contributed by atoms with Crippen molar-refractivity contribution in [3.05, 3.63) is 70.2 Å². The van der Waals surface area contributed by atoms with Crippen LogP contribution in [0.15, 0.2) is 41.6 Å². The van der Waals surface area contributed by atoms with E-state index in [4.69, 9.17) is 4.74 Å². The van der Waals surface area contributed by atoms with Gasteiger partial charge in [0.15, 0.2) is 5.75 Å². The van der Waals surface area contributed by atoms with Gasteiger partial charge in [-0.2, -0.15) is 13.5 Å². The summed E-state index contributed by atoms with van der Waals surface area (Å²) in [4.78, 5) is 17.1. The molecule has 9 heteroatoms. The topological polar surface area (TPSA) is 103 Å². The van der Waals surface area contributed by atoms with Crippen LogP contribution in [0.5, 0.6) is 5.75 Å². The first kappa shape index (κ1) is 24.4. The van der Waals surface area contributed by atoms with Crippen molar-refractivity contribution < 1.29 is 17.9 Å². The van der Waals surface area contributed by atoms with Gasteiger partial charge in [-0.25, -0.2) is 9.71 Å². The average molecular weight is 471 g/mol. The lowest BCUT2D eigenvalue weighted by Crippen LogP contribution is -2.33. The van der Waals surface area contributed by atoms with Crippen LogP contribution in [0.4, 0.5) is 0 Å². The molecule has 176 valence electrons. The Balaban J connectivity index is 2.03. The van der Waals surface area contributed by atoms with E-state index in [2.05, 4.69) is 26.9 Å². The first-order valence-corrected chi connectivity index (χ1v) is 12.0. The lowest BCUT2D eigenvalue weighted by molar-refractivity contribution is 0.0971. The van der Waals surface area contributed by atoms with Gasteiger partial charge in [0.2, 0.25) is 5.03 Å². The third-order valence-corrected chi connectivity index (χ3v) is 6.64.